The predicted molar refractivity (Wildman–Crippen MR) is 95.7 cm³/mol. The number of imidazole rings is 1. The van der Waals surface area contributed by atoms with Crippen LogP contribution in [0.15, 0.2) is 52.8 Å². The summed E-state index contributed by atoms with van der Waals surface area (Å²) in [6, 6.07) is 9.91. The Labute approximate surface area is 146 Å². The van der Waals surface area contributed by atoms with Gasteiger partial charge in [-0.2, -0.15) is 5.10 Å². The molecule has 0 saturated heterocycles. The molecule has 0 aliphatic heterocycles. The molecule has 2 aromatic heterocycles. The van der Waals surface area contributed by atoms with Crippen LogP contribution in [0.25, 0.3) is 16.9 Å². The fourth-order valence-corrected chi connectivity index (χ4v) is 2.49. The molecule has 3 rings (SSSR count). The molecule has 4 N–H and O–H groups in total. The van der Waals surface area contributed by atoms with Crippen LogP contribution in [0.3, 0.4) is 0 Å². The van der Waals surface area contributed by atoms with E-state index >= 15 is 0 Å². The van der Waals surface area contributed by atoms with Crippen LogP contribution in [0.5, 0.6) is 0 Å². The van der Waals surface area contributed by atoms with Gasteiger partial charge in [-0.1, -0.05) is 23.7 Å². The third kappa shape index (κ3) is 3.26. The number of hydrogen-bond acceptors (Lipinski definition) is 5. The Morgan fingerprint density at radius 1 is 1.32 bits per heavy atom. The highest BCUT2D eigenvalue weighted by Gasteiger charge is 2.18. The van der Waals surface area contributed by atoms with Crippen molar-refractivity contribution in [3.8, 4) is 11.3 Å². The van der Waals surface area contributed by atoms with Crippen LogP contribution in [0.4, 0.5) is 5.69 Å². The van der Waals surface area contributed by atoms with Gasteiger partial charge in [0, 0.05) is 17.8 Å². The smallest absolute Gasteiger partial charge is 0.288 e. The summed E-state index contributed by atoms with van der Waals surface area (Å²) >= 11 is 5.88. The van der Waals surface area contributed by atoms with E-state index in [0.29, 0.717) is 22.6 Å². The van der Waals surface area contributed by atoms with Crippen LogP contribution in [0.1, 0.15) is 5.69 Å². The van der Waals surface area contributed by atoms with Crippen LogP contribution >= 0.6 is 11.6 Å². The zero-order valence-electron chi connectivity index (χ0n) is 12.7. The van der Waals surface area contributed by atoms with Crippen molar-refractivity contribution < 1.29 is 4.92 Å². The van der Waals surface area contributed by atoms with E-state index in [-0.39, 0.29) is 16.7 Å². The molecule has 0 unspecified atom stereocenters. The van der Waals surface area contributed by atoms with Gasteiger partial charge in [0.2, 0.25) is 5.96 Å². The Bertz CT molecular complexity index is 1020. The van der Waals surface area contributed by atoms with Crippen molar-refractivity contribution in [3.05, 3.63) is 63.4 Å². The minimum atomic E-state index is -0.547. The lowest BCUT2D eigenvalue weighted by molar-refractivity contribution is -0.384. The first kappa shape index (κ1) is 16.4. The topological polar surface area (TPSA) is 137 Å². The average Bonchev–Trinajstić information content (AvgIpc) is 2.93. The molecule has 0 spiro atoms. The normalized spacial score (nSPS) is 11.1. The molecule has 126 valence electrons. The number of hydrogen-bond donors (Lipinski definition) is 2. The predicted octanol–water partition coefficient (Wildman–Crippen LogP) is 2.17. The number of nitro benzene ring substituents is 1. The maximum Gasteiger partial charge on any atom is 0.288 e. The van der Waals surface area contributed by atoms with E-state index < -0.39 is 4.92 Å². The van der Waals surface area contributed by atoms with Crippen molar-refractivity contribution in [3.63, 3.8) is 0 Å². The quantitative estimate of drug-likeness (QED) is 0.319. The van der Waals surface area contributed by atoms with Crippen LogP contribution in [-0.2, 0) is 0 Å². The lowest BCUT2D eigenvalue weighted by atomic mass is 10.1. The Hall–Kier alpha value is -3.46. The van der Waals surface area contributed by atoms with Gasteiger partial charge < -0.3 is 11.5 Å². The van der Waals surface area contributed by atoms with Gasteiger partial charge in [-0.15, -0.1) is 5.10 Å². The molecule has 0 radical (unpaired) electrons. The van der Waals surface area contributed by atoms with E-state index in [4.69, 9.17) is 23.1 Å². The third-order valence-electron chi connectivity index (χ3n) is 3.34. The van der Waals surface area contributed by atoms with Gasteiger partial charge in [-0.3, -0.25) is 14.5 Å². The Balaban J connectivity index is 2.22. The number of guanidine groups is 1. The summed E-state index contributed by atoms with van der Waals surface area (Å²) in [5.74, 6) is -0.186. The average molecular weight is 358 g/mol. The largest absolute Gasteiger partial charge is 0.369 e. The zero-order chi connectivity index (χ0) is 18.0. The molecule has 0 bridgehead atoms. The zero-order valence-corrected chi connectivity index (χ0v) is 13.5. The molecule has 1 aromatic carbocycles. The Morgan fingerprint density at radius 2 is 2.12 bits per heavy atom. The maximum absolute atomic E-state index is 11.1. The first-order valence-corrected chi connectivity index (χ1v) is 7.38. The molecule has 0 saturated carbocycles. The second-order valence-electron chi connectivity index (χ2n) is 4.97. The Morgan fingerprint density at radius 3 is 2.84 bits per heavy atom. The van der Waals surface area contributed by atoms with Crippen LogP contribution in [0, 0.1) is 10.1 Å². The molecule has 0 atom stereocenters. The van der Waals surface area contributed by atoms with Gasteiger partial charge in [0.1, 0.15) is 10.7 Å². The van der Waals surface area contributed by atoms with Gasteiger partial charge in [-0.25, -0.2) is 4.98 Å². The monoisotopic (exact) mass is 357 g/mol. The minimum Gasteiger partial charge on any atom is -0.369 e. The molecule has 10 heteroatoms. The van der Waals surface area contributed by atoms with Crippen molar-refractivity contribution >= 4 is 35.1 Å². The summed E-state index contributed by atoms with van der Waals surface area (Å²) in [6.07, 6.45) is 3.21. The lowest BCUT2D eigenvalue weighted by Crippen LogP contribution is -2.21. The summed E-state index contributed by atoms with van der Waals surface area (Å²) in [5, 5.41) is 18.6. The summed E-state index contributed by atoms with van der Waals surface area (Å²) in [5.41, 5.74) is 12.5. The van der Waals surface area contributed by atoms with Gasteiger partial charge >= 0.3 is 0 Å². The van der Waals surface area contributed by atoms with Gasteiger partial charge in [0.05, 0.1) is 22.5 Å². The highest BCUT2D eigenvalue weighted by molar-refractivity contribution is 6.32. The fourth-order valence-electron chi connectivity index (χ4n) is 2.30. The van der Waals surface area contributed by atoms with Gasteiger partial charge in [0.15, 0.2) is 0 Å². The molecule has 0 amide bonds. The number of benzene rings is 1. The van der Waals surface area contributed by atoms with Crippen molar-refractivity contribution in [2.75, 3.05) is 0 Å². The first-order valence-electron chi connectivity index (χ1n) is 7.00. The van der Waals surface area contributed by atoms with E-state index in [1.165, 1.54) is 18.3 Å². The lowest BCUT2D eigenvalue weighted by Gasteiger charge is -2.01. The van der Waals surface area contributed by atoms with Crippen molar-refractivity contribution in [2.24, 2.45) is 21.7 Å². The summed E-state index contributed by atoms with van der Waals surface area (Å²) in [6.45, 7) is 0. The minimum absolute atomic E-state index is 0.0493. The van der Waals surface area contributed by atoms with E-state index in [2.05, 4.69) is 15.2 Å². The van der Waals surface area contributed by atoms with Crippen LogP contribution < -0.4 is 11.5 Å². The number of fused-ring (bicyclic) bond motifs is 1. The standard InChI is InChI=1S/C15H12ClN7O2/c16-10-5-4-9(7-11(10)23(24)25)14-12(8-19-21-15(17)18)22-6-2-1-3-13(22)20-14/h1-8H,(H4,17,18,21)/b19-8+. The molecular formula is C15H12ClN7O2. The van der Waals surface area contributed by atoms with Crippen molar-refractivity contribution in [1.29, 1.82) is 0 Å². The van der Waals surface area contributed by atoms with E-state index in [1.807, 2.05) is 12.1 Å². The van der Waals surface area contributed by atoms with Crippen molar-refractivity contribution in [1.82, 2.24) is 9.38 Å². The summed E-state index contributed by atoms with van der Waals surface area (Å²) < 4.78 is 1.77. The molecule has 3 aromatic rings. The Kier molecular flexibility index (Phi) is 4.31. The molecule has 9 nitrogen and oxygen atoms in total. The number of halogens is 1. The highest BCUT2D eigenvalue weighted by atomic mass is 35.5. The summed E-state index contributed by atoms with van der Waals surface area (Å²) in [7, 11) is 0. The molecule has 2 heterocycles. The van der Waals surface area contributed by atoms with Gasteiger partial charge in [0.25, 0.3) is 5.69 Å². The molecule has 0 aliphatic rings. The van der Waals surface area contributed by atoms with E-state index in [0.717, 1.165) is 0 Å². The molecule has 25 heavy (non-hydrogen) atoms. The van der Waals surface area contributed by atoms with E-state index in [9.17, 15) is 10.1 Å². The number of pyridine rings is 1. The molecular weight excluding hydrogens is 346 g/mol. The van der Waals surface area contributed by atoms with Crippen LogP contribution in [-0.4, -0.2) is 26.5 Å². The van der Waals surface area contributed by atoms with Gasteiger partial charge in [-0.05, 0) is 18.2 Å². The number of nitrogens with zero attached hydrogens (tertiary/aromatic N) is 5. The third-order valence-corrected chi connectivity index (χ3v) is 3.66. The second kappa shape index (κ2) is 6.57. The maximum atomic E-state index is 11.1. The number of nitrogens with two attached hydrogens (primary N) is 2. The van der Waals surface area contributed by atoms with E-state index in [1.54, 1.807) is 22.7 Å². The first-order chi connectivity index (χ1) is 12.0. The fraction of sp³-hybridized carbons (Fsp3) is 0. The molecule has 0 aliphatic carbocycles. The summed E-state index contributed by atoms with van der Waals surface area (Å²) in [4.78, 5) is 15.1. The number of rotatable bonds is 4. The second-order valence-corrected chi connectivity index (χ2v) is 5.37. The van der Waals surface area contributed by atoms with Crippen LogP contribution in [0.2, 0.25) is 5.02 Å². The SMILES string of the molecule is NC(N)=N/N=C/c1c(-c2ccc(Cl)c([N+](=O)[O-])c2)nc2ccccn12. The number of aromatic nitrogens is 2. The van der Waals surface area contributed by atoms with Crippen molar-refractivity contribution in [2.45, 2.75) is 0 Å². The highest BCUT2D eigenvalue weighted by Crippen LogP contribution is 2.31. The number of nitro groups is 1. The molecule has 0 fully saturated rings.